The van der Waals surface area contributed by atoms with Crippen molar-refractivity contribution < 1.29 is 12.8 Å². The number of sulfone groups is 1. The van der Waals surface area contributed by atoms with Crippen molar-refractivity contribution in [1.82, 2.24) is 4.98 Å². The number of nitrogens with one attached hydrogen (secondary N) is 1. The van der Waals surface area contributed by atoms with Crippen molar-refractivity contribution in [3.05, 3.63) is 77.6 Å². The third-order valence-corrected chi connectivity index (χ3v) is 5.84. The molecule has 27 heavy (non-hydrogen) atoms. The largest absolute Gasteiger partial charge is 0.354 e. The summed E-state index contributed by atoms with van der Waals surface area (Å²) in [6, 6.07) is 18.5. The fourth-order valence-corrected chi connectivity index (χ4v) is 4.00. The number of hydrogen-bond donors (Lipinski definition) is 1. The highest BCUT2D eigenvalue weighted by atomic mass is 35.5. The number of rotatable bonds is 3. The molecule has 0 fully saturated rings. The molecule has 0 atom stereocenters. The Morgan fingerprint density at radius 3 is 2.33 bits per heavy atom. The van der Waals surface area contributed by atoms with Gasteiger partial charge in [-0.2, -0.15) is 0 Å². The first kappa shape index (κ1) is 17.8. The molecule has 1 aromatic heterocycles. The number of benzene rings is 3. The monoisotopic (exact) mass is 399 g/mol. The van der Waals surface area contributed by atoms with E-state index in [1.54, 1.807) is 48.5 Å². The smallest absolute Gasteiger partial charge is 0.175 e. The Kier molecular flexibility index (Phi) is 4.29. The van der Waals surface area contributed by atoms with Gasteiger partial charge in [-0.3, -0.25) is 0 Å². The van der Waals surface area contributed by atoms with Gasteiger partial charge in [0, 0.05) is 33.3 Å². The zero-order valence-electron chi connectivity index (χ0n) is 14.3. The minimum absolute atomic E-state index is 0.233. The van der Waals surface area contributed by atoms with Crippen molar-refractivity contribution in [2.75, 3.05) is 6.26 Å². The van der Waals surface area contributed by atoms with E-state index in [0.29, 0.717) is 16.3 Å². The second kappa shape index (κ2) is 6.51. The van der Waals surface area contributed by atoms with Gasteiger partial charge in [0.25, 0.3) is 0 Å². The molecule has 0 bridgehead atoms. The second-order valence-electron chi connectivity index (χ2n) is 6.34. The maximum absolute atomic E-state index is 14.5. The SMILES string of the molecule is CS(=O)(=O)c1ccc(-c2c(-c3ccccc3F)[nH]c3ccc(Cl)cc23)cc1. The third kappa shape index (κ3) is 3.24. The van der Waals surface area contributed by atoms with Crippen LogP contribution in [0.2, 0.25) is 5.02 Å². The number of fused-ring (bicyclic) bond motifs is 1. The van der Waals surface area contributed by atoms with Crippen molar-refractivity contribution in [3.8, 4) is 22.4 Å². The van der Waals surface area contributed by atoms with Crippen LogP contribution >= 0.6 is 11.6 Å². The van der Waals surface area contributed by atoms with E-state index in [9.17, 15) is 12.8 Å². The molecule has 0 saturated heterocycles. The van der Waals surface area contributed by atoms with Crippen molar-refractivity contribution in [3.63, 3.8) is 0 Å². The van der Waals surface area contributed by atoms with Crippen LogP contribution in [0.5, 0.6) is 0 Å². The number of H-pyrrole nitrogens is 1. The van der Waals surface area contributed by atoms with E-state index in [0.717, 1.165) is 28.3 Å². The highest BCUT2D eigenvalue weighted by molar-refractivity contribution is 7.90. The van der Waals surface area contributed by atoms with E-state index in [1.807, 2.05) is 12.1 Å². The standard InChI is InChI=1S/C21H15ClFNO2S/c1-27(25,26)15-9-6-13(7-10-15)20-17-12-14(22)8-11-19(17)24-21(20)16-4-2-3-5-18(16)23/h2-12,24H,1H3. The van der Waals surface area contributed by atoms with Crippen molar-refractivity contribution in [2.24, 2.45) is 0 Å². The minimum Gasteiger partial charge on any atom is -0.354 e. The molecule has 6 heteroatoms. The lowest BCUT2D eigenvalue weighted by Gasteiger charge is -2.08. The summed E-state index contributed by atoms with van der Waals surface area (Å²) in [5.74, 6) is -0.343. The molecule has 3 nitrogen and oxygen atoms in total. The summed E-state index contributed by atoms with van der Waals surface area (Å²) < 4.78 is 38.0. The van der Waals surface area contributed by atoms with Gasteiger partial charge in [0.05, 0.1) is 10.6 Å². The maximum atomic E-state index is 14.5. The van der Waals surface area contributed by atoms with E-state index in [1.165, 1.54) is 6.07 Å². The summed E-state index contributed by atoms with van der Waals surface area (Å²) in [5, 5.41) is 1.41. The highest BCUT2D eigenvalue weighted by Gasteiger charge is 2.18. The fraction of sp³-hybridized carbons (Fsp3) is 0.0476. The molecular formula is C21H15ClFNO2S. The Morgan fingerprint density at radius 1 is 0.963 bits per heavy atom. The van der Waals surface area contributed by atoms with E-state index in [2.05, 4.69) is 4.98 Å². The first-order chi connectivity index (χ1) is 12.8. The van der Waals surface area contributed by atoms with Crippen LogP contribution in [-0.2, 0) is 9.84 Å². The van der Waals surface area contributed by atoms with Crippen LogP contribution in [0.15, 0.2) is 71.6 Å². The molecule has 0 aliphatic rings. The first-order valence-corrected chi connectivity index (χ1v) is 10.5. The topological polar surface area (TPSA) is 49.9 Å². The van der Waals surface area contributed by atoms with Gasteiger partial charge in [0.15, 0.2) is 9.84 Å². The summed E-state index contributed by atoms with van der Waals surface area (Å²) >= 11 is 6.18. The van der Waals surface area contributed by atoms with Crippen LogP contribution in [0.4, 0.5) is 4.39 Å². The lowest BCUT2D eigenvalue weighted by molar-refractivity contribution is 0.602. The summed E-state index contributed by atoms with van der Waals surface area (Å²) in [5.41, 5.74) is 3.43. The van der Waals surface area contributed by atoms with Crippen molar-refractivity contribution >= 4 is 32.3 Å². The quantitative estimate of drug-likeness (QED) is 0.480. The molecule has 4 aromatic rings. The molecule has 0 unspecified atom stereocenters. The average molecular weight is 400 g/mol. The number of aromatic nitrogens is 1. The van der Waals surface area contributed by atoms with Crippen molar-refractivity contribution in [2.45, 2.75) is 4.90 Å². The van der Waals surface area contributed by atoms with E-state index < -0.39 is 9.84 Å². The van der Waals surface area contributed by atoms with Gasteiger partial charge in [0.2, 0.25) is 0 Å². The highest BCUT2D eigenvalue weighted by Crippen LogP contribution is 2.40. The minimum atomic E-state index is -3.30. The molecule has 0 aliphatic carbocycles. The predicted octanol–water partition coefficient (Wildman–Crippen LogP) is 5.70. The third-order valence-electron chi connectivity index (χ3n) is 4.47. The lowest BCUT2D eigenvalue weighted by Crippen LogP contribution is -1.96. The first-order valence-electron chi connectivity index (χ1n) is 8.21. The normalized spacial score (nSPS) is 11.8. The number of hydrogen-bond acceptors (Lipinski definition) is 2. The number of aromatic amines is 1. The van der Waals surface area contributed by atoms with Gasteiger partial charge in [-0.25, -0.2) is 12.8 Å². The molecule has 1 heterocycles. The molecule has 0 radical (unpaired) electrons. The van der Waals surface area contributed by atoms with E-state index in [4.69, 9.17) is 11.6 Å². The Bertz CT molecular complexity index is 1260. The molecule has 0 saturated carbocycles. The van der Waals surface area contributed by atoms with Crippen LogP contribution in [-0.4, -0.2) is 19.7 Å². The van der Waals surface area contributed by atoms with Gasteiger partial charge >= 0.3 is 0 Å². The molecular weight excluding hydrogens is 385 g/mol. The second-order valence-corrected chi connectivity index (χ2v) is 8.79. The Balaban J connectivity index is 2.02. The molecule has 3 aromatic carbocycles. The van der Waals surface area contributed by atoms with Crippen LogP contribution < -0.4 is 0 Å². The average Bonchev–Trinajstić information content (AvgIpc) is 2.99. The van der Waals surface area contributed by atoms with Crippen molar-refractivity contribution in [1.29, 1.82) is 0 Å². The van der Waals surface area contributed by atoms with Gasteiger partial charge < -0.3 is 4.98 Å². The predicted molar refractivity (Wildman–Crippen MR) is 107 cm³/mol. The van der Waals surface area contributed by atoms with Gasteiger partial charge in [0.1, 0.15) is 5.82 Å². The van der Waals surface area contributed by atoms with Crippen LogP contribution in [0, 0.1) is 5.82 Å². The molecule has 136 valence electrons. The van der Waals surface area contributed by atoms with Gasteiger partial charge in [-0.05, 0) is 48.0 Å². The Labute approximate surface area is 161 Å². The maximum Gasteiger partial charge on any atom is 0.175 e. The molecule has 0 spiro atoms. The van der Waals surface area contributed by atoms with Crippen LogP contribution in [0.1, 0.15) is 0 Å². The molecule has 1 N–H and O–H groups in total. The van der Waals surface area contributed by atoms with Crippen LogP contribution in [0.25, 0.3) is 33.3 Å². The summed E-state index contributed by atoms with van der Waals surface area (Å²) in [7, 11) is -3.30. The van der Waals surface area contributed by atoms with Gasteiger partial charge in [-0.1, -0.05) is 35.9 Å². The summed E-state index contributed by atoms with van der Waals surface area (Å²) in [6.45, 7) is 0. The Morgan fingerprint density at radius 2 is 1.67 bits per heavy atom. The van der Waals surface area contributed by atoms with Crippen LogP contribution in [0.3, 0.4) is 0 Å². The van der Waals surface area contributed by atoms with E-state index >= 15 is 0 Å². The summed E-state index contributed by atoms with van der Waals surface area (Å²) in [4.78, 5) is 3.51. The molecule has 4 rings (SSSR count). The molecule has 0 aliphatic heterocycles. The summed E-state index contributed by atoms with van der Waals surface area (Å²) in [6.07, 6.45) is 1.16. The van der Waals surface area contributed by atoms with Gasteiger partial charge in [-0.15, -0.1) is 0 Å². The number of halogens is 2. The molecule has 0 amide bonds. The van der Waals surface area contributed by atoms with E-state index in [-0.39, 0.29) is 10.7 Å². The zero-order chi connectivity index (χ0) is 19.2. The fourth-order valence-electron chi connectivity index (χ4n) is 3.20. The Hall–Kier alpha value is -2.63. The zero-order valence-corrected chi connectivity index (χ0v) is 15.9. The lowest BCUT2D eigenvalue weighted by atomic mass is 9.98.